The van der Waals surface area contributed by atoms with Gasteiger partial charge in [-0.3, -0.25) is 9.35 Å². The molecule has 180 valence electrons. The van der Waals surface area contributed by atoms with Crippen molar-refractivity contribution in [1.29, 1.82) is 0 Å². The van der Waals surface area contributed by atoms with Crippen LogP contribution in [0, 0.1) is 0 Å². The van der Waals surface area contributed by atoms with E-state index in [9.17, 15) is 43.5 Å². The van der Waals surface area contributed by atoms with Gasteiger partial charge < -0.3 is 50.2 Å². The Morgan fingerprint density at radius 2 is 1.61 bits per heavy atom. The minimum atomic E-state index is -4.95. The van der Waals surface area contributed by atoms with Gasteiger partial charge in [0.05, 0.1) is 6.61 Å². The summed E-state index contributed by atoms with van der Waals surface area (Å²) in [4.78, 5) is 22.7. The summed E-state index contributed by atoms with van der Waals surface area (Å²) in [5.41, 5.74) is 0. The highest BCUT2D eigenvalue weighted by molar-refractivity contribution is 7.80. The lowest BCUT2D eigenvalue weighted by atomic mass is 9.95. The molecule has 0 aromatic rings. The van der Waals surface area contributed by atoms with E-state index < -0.39 is 90.2 Å². The molecule has 2 fully saturated rings. The molecule has 2 heterocycles. The summed E-state index contributed by atoms with van der Waals surface area (Å²) < 4.78 is 49.5. The van der Waals surface area contributed by atoms with Crippen LogP contribution in [0.2, 0.25) is 0 Å². The molecule has 2 aliphatic rings. The van der Waals surface area contributed by atoms with Crippen molar-refractivity contribution in [3.8, 4) is 0 Å². The summed E-state index contributed by atoms with van der Waals surface area (Å²) in [6, 6.07) is -1.54. The van der Waals surface area contributed by atoms with Crippen molar-refractivity contribution >= 4 is 22.3 Å². The van der Waals surface area contributed by atoms with Gasteiger partial charge in [-0.05, 0) is 0 Å². The average molecular weight is 477 g/mol. The molecular weight excluding hydrogens is 454 g/mol. The van der Waals surface area contributed by atoms with Gasteiger partial charge in [-0.2, -0.15) is 8.42 Å². The van der Waals surface area contributed by atoms with Crippen LogP contribution in [0.3, 0.4) is 0 Å². The first-order valence-corrected chi connectivity index (χ1v) is 10.1. The lowest BCUT2D eigenvalue weighted by Gasteiger charge is -2.46. The smallest absolute Gasteiger partial charge is 0.397 e. The number of carbonyl (C=O) groups is 2. The summed E-state index contributed by atoms with van der Waals surface area (Å²) in [7, 11) is -4.95. The second kappa shape index (κ2) is 9.96. The van der Waals surface area contributed by atoms with Crippen LogP contribution in [-0.4, -0.2) is 123 Å². The Balaban J connectivity index is 2.27. The predicted molar refractivity (Wildman–Crippen MR) is 91.2 cm³/mol. The first-order chi connectivity index (χ1) is 14.2. The lowest BCUT2D eigenvalue weighted by Crippen LogP contribution is -2.68. The standard InChI is InChI=1S/C14H23NO15S/c1-3(16)15-5-10(6(17)4(28-13(5)23)2-27-31(24,25)26)29-14-9(20)7(18)8(19)11(30-14)12(21)22/h4-11,13-14,17-20,23H,2H2,1H3,(H,15,16)(H,21,22)(H,24,25,26)/t4-,5-,6+,7+,8+,9-,10-,11-,13?,14-/m1/s1. The molecule has 0 spiro atoms. The van der Waals surface area contributed by atoms with E-state index in [1.165, 1.54) is 0 Å². The molecule has 0 bridgehead atoms. The van der Waals surface area contributed by atoms with E-state index in [0.29, 0.717) is 0 Å². The summed E-state index contributed by atoms with van der Waals surface area (Å²) >= 11 is 0. The van der Waals surface area contributed by atoms with Gasteiger partial charge in [0.15, 0.2) is 18.7 Å². The summed E-state index contributed by atoms with van der Waals surface area (Å²) in [6.07, 6.45) is -17.3. The molecular formula is C14H23NO15S. The maximum Gasteiger partial charge on any atom is 0.397 e. The highest BCUT2D eigenvalue weighted by Crippen LogP contribution is 2.29. The number of hydrogen-bond donors (Lipinski definition) is 8. The first-order valence-electron chi connectivity index (χ1n) is 8.71. The Labute approximate surface area is 174 Å². The summed E-state index contributed by atoms with van der Waals surface area (Å²) in [6.45, 7) is 0.0348. The Hall–Kier alpha value is -1.51. The Morgan fingerprint density at radius 3 is 2.13 bits per heavy atom. The fourth-order valence-electron chi connectivity index (χ4n) is 3.09. The van der Waals surface area contributed by atoms with Gasteiger partial charge in [-0.15, -0.1) is 0 Å². The monoisotopic (exact) mass is 477 g/mol. The number of carbonyl (C=O) groups excluding carboxylic acids is 1. The quantitative estimate of drug-likeness (QED) is 0.159. The van der Waals surface area contributed by atoms with Crippen LogP contribution in [0.5, 0.6) is 0 Å². The minimum absolute atomic E-state index is 0.731. The van der Waals surface area contributed by atoms with E-state index in [4.69, 9.17) is 23.9 Å². The molecule has 0 aromatic carbocycles. The molecule has 1 unspecified atom stereocenters. The van der Waals surface area contributed by atoms with Gasteiger partial charge in [0.2, 0.25) is 5.91 Å². The Morgan fingerprint density at radius 1 is 1.00 bits per heavy atom. The number of aliphatic carboxylic acids is 1. The third-order valence-corrected chi connectivity index (χ3v) is 4.98. The molecule has 0 saturated carbocycles. The van der Waals surface area contributed by atoms with Crippen molar-refractivity contribution in [2.75, 3.05) is 6.61 Å². The lowest BCUT2D eigenvalue weighted by molar-refractivity contribution is -0.336. The molecule has 31 heavy (non-hydrogen) atoms. The molecule has 8 N–H and O–H groups in total. The number of carboxylic acid groups (broad SMARTS) is 1. The van der Waals surface area contributed by atoms with Crippen molar-refractivity contribution in [3.63, 3.8) is 0 Å². The molecule has 0 radical (unpaired) electrons. The molecule has 17 heteroatoms. The molecule has 0 aromatic heterocycles. The van der Waals surface area contributed by atoms with Gasteiger partial charge >= 0.3 is 16.4 Å². The van der Waals surface area contributed by atoms with Crippen molar-refractivity contribution in [3.05, 3.63) is 0 Å². The number of ether oxygens (including phenoxy) is 3. The van der Waals surface area contributed by atoms with Crippen LogP contribution in [0.4, 0.5) is 0 Å². The summed E-state index contributed by atoms with van der Waals surface area (Å²) in [5.74, 6) is -2.44. The van der Waals surface area contributed by atoms with Crippen LogP contribution < -0.4 is 5.32 Å². The summed E-state index contributed by atoms with van der Waals surface area (Å²) in [5, 5.41) is 61.6. The highest BCUT2D eigenvalue weighted by atomic mass is 32.3. The fraction of sp³-hybridized carbons (Fsp3) is 0.857. The maximum atomic E-state index is 11.5. The zero-order chi connectivity index (χ0) is 23.7. The molecule has 2 rings (SSSR count). The number of hydrogen-bond acceptors (Lipinski definition) is 13. The normalized spacial score (nSPS) is 41.5. The molecule has 10 atom stereocenters. The average Bonchev–Trinajstić information content (AvgIpc) is 2.64. The zero-order valence-corrected chi connectivity index (χ0v) is 16.6. The van der Waals surface area contributed by atoms with Gasteiger partial charge in [0.25, 0.3) is 0 Å². The van der Waals surface area contributed by atoms with Crippen molar-refractivity contribution in [2.45, 2.75) is 68.3 Å². The predicted octanol–water partition coefficient (Wildman–Crippen LogP) is -5.33. The first kappa shape index (κ1) is 25.7. The van der Waals surface area contributed by atoms with E-state index >= 15 is 0 Å². The zero-order valence-electron chi connectivity index (χ0n) is 15.8. The van der Waals surface area contributed by atoms with E-state index in [2.05, 4.69) is 9.50 Å². The number of amides is 1. The number of aliphatic hydroxyl groups excluding tert-OH is 5. The minimum Gasteiger partial charge on any atom is -0.479 e. The van der Waals surface area contributed by atoms with E-state index in [1.54, 1.807) is 0 Å². The van der Waals surface area contributed by atoms with Gasteiger partial charge in [-0.1, -0.05) is 0 Å². The van der Waals surface area contributed by atoms with Gasteiger partial charge in [0, 0.05) is 6.92 Å². The number of aliphatic hydroxyl groups is 5. The fourth-order valence-corrected chi connectivity index (χ4v) is 3.40. The number of nitrogens with one attached hydrogen (secondary N) is 1. The van der Waals surface area contributed by atoms with Crippen molar-refractivity contribution in [2.24, 2.45) is 0 Å². The molecule has 2 aliphatic heterocycles. The van der Waals surface area contributed by atoms with Crippen LogP contribution in [0.25, 0.3) is 0 Å². The van der Waals surface area contributed by atoms with Gasteiger partial charge in [-0.25, -0.2) is 8.98 Å². The van der Waals surface area contributed by atoms with Crippen LogP contribution >= 0.6 is 0 Å². The molecule has 1 amide bonds. The Kier molecular flexibility index (Phi) is 8.27. The second-order valence-corrected chi connectivity index (χ2v) is 7.92. The topological polar surface area (TPSA) is 259 Å². The van der Waals surface area contributed by atoms with Gasteiger partial charge in [0.1, 0.15) is 42.7 Å². The van der Waals surface area contributed by atoms with Crippen molar-refractivity contribution in [1.82, 2.24) is 5.32 Å². The number of carboxylic acids is 1. The van der Waals surface area contributed by atoms with Crippen LogP contribution in [0.15, 0.2) is 0 Å². The third-order valence-electron chi connectivity index (χ3n) is 4.55. The Bertz CT molecular complexity index is 761. The third kappa shape index (κ3) is 6.26. The molecule has 16 nitrogen and oxygen atoms in total. The maximum absolute atomic E-state index is 11.5. The van der Waals surface area contributed by atoms with Crippen molar-refractivity contribution < 1.29 is 71.6 Å². The van der Waals surface area contributed by atoms with Crippen LogP contribution in [-0.2, 0) is 38.4 Å². The highest BCUT2D eigenvalue weighted by Gasteiger charge is 2.52. The molecule has 0 aliphatic carbocycles. The SMILES string of the molecule is CC(=O)N[C@H]1C(O)O[C@H](COS(=O)(=O)O)[C@H](O)[C@@H]1O[C@@H]1O[C@@H](C(=O)O)[C@@H](O)[C@H](O)[C@H]1O. The van der Waals surface area contributed by atoms with E-state index in [0.717, 1.165) is 6.92 Å². The number of rotatable bonds is 7. The van der Waals surface area contributed by atoms with Crippen LogP contribution in [0.1, 0.15) is 6.92 Å². The largest absolute Gasteiger partial charge is 0.479 e. The van der Waals surface area contributed by atoms with E-state index in [1.807, 2.05) is 0 Å². The van der Waals surface area contributed by atoms with E-state index in [-0.39, 0.29) is 0 Å². The second-order valence-electron chi connectivity index (χ2n) is 6.83. The molecule has 2 saturated heterocycles.